The molecule has 10 heavy (non-hydrogen) atoms. The fourth-order valence-corrected chi connectivity index (χ4v) is 1.59. The van der Waals surface area contributed by atoms with Crippen LogP contribution in [-0.2, 0) is 0 Å². The minimum absolute atomic E-state index is 0.395. The molecular formula is C9H16O. The maximum absolute atomic E-state index is 9.07. The zero-order valence-electron chi connectivity index (χ0n) is 6.64. The lowest BCUT2D eigenvalue weighted by atomic mass is 9.82. The highest BCUT2D eigenvalue weighted by atomic mass is 16.3. The molecule has 0 aromatic rings. The summed E-state index contributed by atoms with van der Waals surface area (Å²) in [5.41, 5.74) is 0. The maximum Gasteiger partial charge on any atom is 0.0881 e. The van der Waals surface area contributed by atoms with Crippen LogP contribution in [0.1, 0.15) is 32.6 Å². The van der Waals surface area contributed by atoms with Crippen LogP contribution in [0.4, 0.5) is 0 Å². The van der Waals surface area contributed by atoms with Gasteiger partial charge in [-0.1, -0.05) is 26.3 Å². The fraction of sp³-hybridized carbons (Fsp3) is 0.778. The van der Waals surface area contributed by atoms with Gasteiger partial charge < -0.3 is 5.11 Å². The van der Waals surface area contributed by atoms with Crippen molar-refractivity contribution >= 4 is 0 Å². The minimum atomic E-state index is 0.395. The molecule has 0 aromatic heterocycles. The number of aliphatic hydroxyl groups excluding tert-OH is 1. The number of aliphatic hydroxyl groups is 1. The van der Waals surface area contributed by atoms with Gasteiger partial charge in [-0.2, -0.15) is 0 Å². The summed E-state index contributed by atoms with van der Waals surface area (Å²) in [7, 11) is 0. The molecule has 0 bridgehead atoms. The molecule has 1 heteroatoms. The van der Waals surface area contributed by atoms with Gasteiger partial charge in [-0.05, 0) is 18.8 Å². The van der Waals surface area contributed by atoms with Crippen LogP contribution < -0.4 is 0 Å². The second-order valence-corrected chi connectivity index (χ2v) is 3.45. The van der Waals surface area contributed by atoms with Crippen LogP contribution in [0.3, 0.4) is 0 Å². The Balaban J connectivity index is 2.33. The van der Waals surface area contributed by atoms with E-state index in [0.717, 1.165) is 18.8 Å². The Morgan fingerprint density at radius 1 is 1.30 bits per heavy atom. The van der Waals surface area contributed by atoms with Crippen molar-refractivity contribution in [3.05, 3.63) is 12.3 Å². The number of allylic oxidation sites excluding steroid dienone is 1. The normalized spacial score (nSPS) is 33.7. The van der Waals surface area contributed by atoms with Crippen LogP contribution in [0.2, 0.25) is 0 Å². The Morgan fingerprint density at radius 3 is 2.20 bits per heavy atom. The second-order valence-electron chi connectivity index (χ2n) is 3.45. The van der Waals surface area contributed by atoms with Crippen LogP contribution in [0, 0.1) is 11.8 Å². The summed E-state index contributed by atoms with van der Waals surface area (Å²) >= 11 is 0. The molecule has 1 saturated carbocycles. The zero-order valence-corrected chi connectivity index (χ0v) is 6.64. The first-order valence-corrected chi connectivity index (χ1v) is 4.08. The van der Waals surface area contributed by atoms with E-state index in [1.165, 1.54) is 12.8 Å². The van der Waals surface area contributed by atoms with Crippen LogP contribution in [-0.4, -0.2) is 5.11 Å². The van der Waals surface area contributed by atoms with Gasteiger partial charge in [0.15, 0.2) is 0 Å². The fourth-order valence-electron chi connectivity index (χ4n) is 1.59. The Morgan fingerprint density at radius 2 is 1.80 bits per heavy atom. The van der Waals surface area contributed by atoms with Crippen LogP contribution in [0.25, 0.3) is 0 Å². The molecule has 0 unspecified atom stereocenters. The lowest BCUT2D eigenvalue weighted by Gasteiger charge is -2.24. The molecule has 1 rings (SSSR count). The number of hydrogen-bond donors (Lipinski definition) is 1. The van der Waals surface area contributed by atoms with E-state index in [1.807, 2.05) is 0 Å². The highest BCUT2D eigenvalue weighted by molar-refractivity contribution is 4.90. The van der Waals surface area contributed by atoms with E-state index < -0.39 is 0 Å². The molecule has 1 nitrogen and oxygen atoms in total. The third-order valence-electron chi connectivity index (χ3n) is 2.49. The predicted molar refractivity (Wildman–Crippen MR) is 42.9 cm³/mol. The summed E-state index contributed by atoms with van der Waals surface area (Å²) in [5.74, 6) is 1.65. The van der Waals surface area contributed by atoms with E-state index in [4.69, 9.17) is 5.11 Å². The molecule has 0 spiro atoms. The highest BCUT2D eigenvalue weighted by Gasteiger charge is 2.19. The van der Waals surface area contributed by atoms with E-state index >= 15 is 0 Å². The van der Waals surface area contributed by atoms with Gasteiger partial charge in [0, 0.05) is 5.92 Å². The molecular weight excluding hydrogens is 124 g/mol. The van der Waals surface area contributed by atoms with Gasteiger partial charge in [0.25, 0.3) is 0 Å². The maximum atomic E-state index is 9.07. The Bertz CT molecular complexity index is 121. The van der Waals surface area contributed by atoms with Crippen molar-refractivity contribution in [1.82, 2.24) is 0 Å². The van der Waals surface area contributed by atoms with Crippen molar-refractivity contribution in [2.45, 2.75) is 32.6 Å². The summed E-state index contributed by atoms with van der Waals surface area (Å²) in [6.07, 6.45) is 4.78. The van der Waals surface area contributed by atoms with Crippen LogP contribution in [0.5, 0.6) is 0 Å². The van der Waals surface area contributed by atoms with Crippen molar-refractivity contribution in [3.63, 3.8) is 0 Å². The summed E-state index contributed by atoms with van der Waals surface area (Å²) in [6, 6.07) is 0. The van der Waals surface area contributed by atoms with Gasteiger partial charge in [-0.3, -0.25) is 0 Å². The molecule has 1 N–H and O–H groups in total. The Hall–Kier alpha value is -0.460. The molecule has 1 fully saturated rings. The van der Waals surface area contributed by atoms with Gasteiger partial charge in [-0.15, -0.1) is 0 Å². The summed E-state index contributed by atoms with van der Waals surface area (Å²) < 4.78 is 0. The van der Waals surface area contributed by atoms with Gasteiger partial charge in [0.1, 0.15) is 0 Å². The van der Waals surface area contributed by atoms with Crippen molar-refractivity contribution < 1.29 is 5.11 Å². The summed E-state index contributed by atoms with van der Waals surface area (Å²) in [6.45, 7) is 5.83. The monoisotopic (exact) mass is 140 g/mol. The summed E-state index contributed by atoms with van der Waals surface area (Å²) in [5, 5.41) is 9.07. The van der Waals surface area contributed by atoms with E-state index in [-0.39, 0.29) is 0 Å². The topological polar surface area (TPSA) is 20.2 Å². The molecule has 0 radical (unpaired) electrons. The summed E-state index contributed by atoms with van der Waals surface area (Å²) in [4.78, 5) is 0. The van der Waals surface area contributed by atoms with Crippen molar-refractivity contribution in [3.8, 4) is 0 Å². The van der Waals surface area contributed by atoms with Gasteiger partial charge >= 0.3 is 0 Å². The average Bonchev–Trinajstić information content (AvgIpc) is 1.88. The lowest BCUT2D eigenvalue weighted by Crippen LogP contribution is -2.13. The zero-order chi connectivity index (χ0) is 7.56. The standard InChI is InChI=1S/C9H16O/c1-7-3-5-9(6-4-7)8(2)10/h7,9-10H,2-6H2,1H3. The highest BCUT2D eigenvalue weighted by Crippen LogP contribution is 2.30. The van der Waals surface area contributed by atoms with Gasteiger partial charge in [0.2, 0.25) is 0 Å². The first-order chi connectivity index (χ1) is 4.70. The number of hydrogen-bond acceptors (Lipinski definition) is 1. The van der Waals surface area contributed by atoms with Crippen molar-refractivity contribution in [2.24, 2.45) is 11.8 Å². The second kappa shape index (κ2) is 3.09. The molecule has 1 aliphatic rings. The first kappa shape index (κ1) is 7.64. The molecule has 0 amide bonds. The van der Waals surface area contributed by atoms with Crippen LogP contribution in [0.15, 0.2) is 12.3 Å². The molecule has 0 atom stereocenters. The molecule has 1 aliphatic carbocycles. The quantitative estimate of drug-likeness (QED) is 0.555. The largest absolute Gasteiger partial charge is 0.513 e. The molecule has 0 saturated heterocycles. The van der Waals surface area contributed by atoms with E-state index in [1.54, 1.807) is 0 Å². The van der Waals surface area contributed by atoms with E-state index in [2.05, 4.69) is 13.5 Å². The van der Waals surface area contributed by atoms with Gasteiger partial charge in [0.05, 0.1) is 5.76 Å². The minimum Gasteiger partial charge on any atom is -0.513 e. The van der Waals surface area contributed by atoms with Crippen molar-refractivity contribution in [2.75, 3.05) is 0 Å². The first-order valence-electron chi connectivity index (χ1n) is 4.08. The third kappa shape index (κ3) is 1.76. The molecule has 58 valence electrons. The Labute approximate surface area is 62.8 Å². The predicted octanol–water partition coefficient (Wildman–Crippen LogP) is 2.88. The third-order valence-corrected chi connectivity index (χ3v) is 2.49. The molecule has 0 heterocycles. The van der Waals surface area contributed by atoms with Crippen molar-refractivity contribution in [1.29, 1.82) is 0 Å². The Kier molecular flexibility index (Phi) is 2.36. The lowest BCUT2D eigenvalue weighted by molar-refractivity contribution is 0.245. The average molecular weight is 140 g/mol. The number of rotatable bonds is 1. The van der Waals surface area contributed by atoms with E-state index in [9.17, 15) is 0 Å². The van der Waals surface area contributed by atoms with Gasteiger partial charge in [-0.25, -0.2) is 0 Å². The SMILES string of the molecule is C=C(O)C1CCC(C)CC1. The molecule has 0 aromatic carbocycles. The van der Waals surface area contributed by atoms with E-state index in [0.29, 0.717) is 11.7 Å². The van der Waals surface area contributed by atoms with Crippen LogP contribution >= 0.6 is 0 Å². The smallest absolute Gasteiger partial charge is 0.0881 e. The molecule has 0 aliphatic heterocycles.